The van der Waals surface area contributed by atoms with E-state index >= 15 is 0 Å². The van der Waals surface area contributed by atoms with E-state index in [0.29, 0.717) is 23.7 Å². The molecule has 0 atom stereocenters. The van der Waals surface area contributed by atoms with E-state index in [-0.39, 0.29) is 18.1 Å². The maximum absolute atomic E-state index is 12.5. The van der Waals surface area contributed by atoms with E-state index in [1.54, 1.807) is 37.3 Å². The Morgan fingerprint density at radius 3 is 2.52 bits per heavy atom. The topological polar surface area (TPSA) is 98.1 Å². The van der Waals surface area contributed by atoms with Crippen LogP contribution >= 0.6 is 15.9 Å². The van der Waals surface area contributed by atoms with Gasteiger partial charge in [0.15, 0.2) is 5.69 Å². The van der Waals surface area contributed by atoms with Crippen molar-refractivity contribution in [3.8, 4) is 5.75 Å². The van der Waals surface area contributed by atoms with Crippen LogP contribution in [0.15, 0.2) is 53.0 Å². The van der Waals surface area contributed by atoms with Crippen LogP contribution in [0.3, 0.4) is 0 Å². The number of para-hydroxylation sites is 1. The standard InChI is InChI=1S/C20H20BrN5O3/c1-3-29-15-10-8-14(9-11-15)22-20(28)19-13(2)26(25-24-19)12-18(27)23-17-7-5-4-6-16(17)21/h4-11H,3,12H2,1-2H3,(H,22,28)(H,23,27). The molecule has 0 spiro atoms. The molecular formula is C20H20BrN5O3. The van der Waals surface area contributed by atoms with Crippen LogP contribution in [0.5, 0.6) is 5.75 Å². The first kappa shape index (κ1) is 20.5. The second kappa shape index (κ2) is 9.33. The van der Waals surface area contributed by atoms with Crippen LogP contribution < -0.4 is 15.4 Å². The molecule has 1 aromatic heterocycles. The second-order valence-electron chi connectivity index (χ2n) is 6.12. The molecule has 0 saturated heterocycles. The van der Waals surface area contributed by atoms with Crippen molar-refractivity contribution in [1.82, 2.24) is 15.0 Å². The summed E-state index contributed by atoms with van der Waals surface area (Å²) in [5.41, 5.74) is 1.92. The van der Waals surface area contributed by atoms with E-state index < -0.39 is 5.91 Å². The van der Waals surface area contributed by atoms with E-state index in [9.17, 15) is 9.59 Å². The second-order valence-corrected chi connectivity index (χ2v) is 6.97. The van der Waals surface area contributed by atoms with E-state index in [4.69, 9.17) is 4.74 Å². The third-order valence-electron chi connectivity index (χ3n) is 4.06. The Morgan fingerprint density at radius 2 is 1.83 bits per heavy atom. The van der Waals surface area contributed by atoms with Crippen LogP contribution in [-0.2, 0) is 11.3 Å². The van der Waals surface area contributed by atoms with Gasteiger partial charge in [-0.3, -0.25) is 9.59 Å². The zero-order valence-corrected chi connectivity index (χ0v) is 17.6. The van der Waals surface area contributed by atoms with Crippen LogP contribution in [0.4, 0.5) is 11.4 Å². The minimum atomic E-state index is -0.399. The van der Waals surface area contributed by atoms with Crippen molar-refractivity contribution < 1.29 is 14.3 Å². The van der Waals surface area contributed by atoms with Gasteiger partial charge < -0.3 is 15.4 Å². The van der Waals surface area contributed by atoms with Crippen molar-refractivity contribution in [2.75, 3.05) is 17.2 Å². The number of nitrogens with one attached hydrogen (secondary N) is 2. The van der Waals surface area contributed by atoms with Gasteiger partial charge in [0, 0.05) is 10.2 Å². The Morgan fingerprint density at radius 1 is 1.10 bits per heavy atom. The summed E-state index contributed by atoms with van der Waals surface area (Å²) in [6.07, 6.45) is 0. The lowest BCUT2D eigenvalue weighted by Crippen LogP contribution is -2.21. The summed E-state index contributed by atoms with van der Waals surface area (Å²) in [6.45, 7) is 4.11. The van der Waals surface area contributed by atoms with Crippen molar-refractivity contribution in [2.45, 2.75) is 20.4 Å². The minimum absolute atomic E-state index is 0.0590. The zero-order chi connectivity index (χ0) is 20.8. The molecule has 1 heterocycles. The highest BCUT2D eigenvalue weighted by Crippen LogP contribution is 2.21. The first-order chi connectivity index (χ1) is 14.0. The Bertz CT molecular complexity index is 1020. The summed E-state index contributed by atoms with van der Waals surface area (Å²) in [7, 11) is 0. The molecule has 0 fully saturated rings. The fourth-order valence-corrected chi connectivity index (χ4v) is 2.98. The smallest absolute Gasteiger partial charge is 0.278 e. The average Bonchev–Trinajstić information content (AvgIpc) is 3.06. The maximum Gasteiger partial charge on any atom is 0.278 e. The number of halogens is 1. The number of nitrogens with zero attached hydrogens (tertiary/aromatic N) is 3. The number of amides is 2. The van der Waals surface area contributed by atoms with Gasteiger partial charge in [0.2, 0.25) is 5.91 Å². The molecule has 3 rings (SSSR count). The van der Waals surface area contributed by atoms with Crippen LogP contribution in [0.25, 0.3) is 0 Å². The highest BCUT2D eigenvalue weighted by molar-refractivity contribution is 9.10. The molecule has 8 nitrogen and oxygen atoms in total. The fraction of sp³-hybridized carbons (Fsp3) is 0.200. The Labute approximate surface area is 176 Å². The lowest BCUT2D eigenvalue weighted by Gasteiger charge is -2.08. The highest BCUT2D eigenvalue weighted by Gasteiger charge is 2.18. The maximum atomic E-state index is 12.5. The summed E-state index contributed by atoms with van der Waals surface area (Å²) in [6, 6.07) is 14.3. The number of anilines is 2. The van der Waals surface area contributed by atoms with Gasteiger partial charge in [0.1, 0.15) is 12.3 Å². The van der Waals surface area contributed by atoms with Gasteiger partial charge in [-0.05, 0) is 66.2 Å². The summed E-state index contributed by atoms with van der Waals surface area (Å²) >= 11 is 3.38. The molecule has 0 bridgehead atoms. The molecule has 2 N–H and O–H groups in total. The van der Waals surface area contributed by atoms with Gasteiger partial charge in [-0.2, -0.15) is 0 Å². The van der Waals surface area contributed by atoms with E-state index in [0.717, 1.165) is 10.2 Å². The van der Waals surface area contributed by atoms with Crippen molar-refractivity contribution in [2.24, 2.45) is 0 Å². The average molecular weight is 458 g/mol. The Kier molecular flexibility index (Phi) is 6.61. The normalized spacial score (nSPS) is 10.4. The van der Waals surface area contributed by atoms with Gasteiger partial charge in [0.25, 0.3) is 5.91 Å². The summed E-state index contributed by atoms with van der Waals surface area (Å²) < 4.78 is 7.55. The quantitative estimate of drug-likeness (QED) is 0.564. The molecule has 9 heteroatoms. The van der Waals surface area contributed by atoms with Crippen LogP contribution in [0.1, 0.15) is 23.1 Å². The molecule has 3 aromatic rings. The number of hydrogen-bond acceptors (Lipinski definition) is 5. The predicted octanol–water partition coefficient (Wildman–Crippen LogP) is 3.64. The van der Waals surface area contributed by atoms with Gasteiger partial charge in [0.05, 0.1) is 18.0 Å². The SMILES string of the molecule is CCOc1ccc(NC(=O)c2nnn(CC(=O)Nc3ccccc3Br)c2C)cc1. The molecule has 29 heavy (non-hydrogen) atoms. The predicted molar refractivity (Wildman–Crippen MR) is 113 cm³/mol. The van der Waals surface area contributed by atoms with Crippen LogP contribution in [-0.4, -0.2) is 33.4 Å². The van der Waals surface area contributed by atoms with Gasteiger partial charge in [-0.25, -0.2) is 4.68 Å². The van der Waals surface area contributed by atoms with Crippen molar-refractivity contribution in [3.05, 3.63) is 64.4 Å². The molecular weight excluding hydrogens is 438 g/mol. The number of ether oxygens (including phenoxy) is 1. The first-order valence-electron chi connectivity index (χ1n) is 8.96. The molecule has 0 aliphatic rings. The number of carbonyl (C=O) groups excluding carboxylic acids is 2. The van der Waals surface area contributed by atoms with Gasteiger partial charge in [-0.1, -0.05) is 17.3 Å². The molecule has 2 aromatic carbocycles. The third-order valence-corrected chi connectivity index (χ3v) is 4.75. The number of rotatable bonds is 7. The van der Waals surface area contributed by atoms with Crippen molar-refractivity contribution >= 4 is 39.1 Å². The molecule has 2 amide bonds. The third kappa shape index (κ3) is 5.20. The van der Waals surface area contributed by atoms with Gasteiger partial charge in [-0.15, -0.1) is 5.10 Å². The molecule has 0 aliphatic carbocycles. The summed E-state index contributed by atoms with van der Waals surface area (Å²) in [4.78, 5) is 24.8. The van der Waals surface area contributed by atoms with E-state index in [2.05, 4.69) is 36.9 Å². The molecule has 0 saturated carbocycles. The van der Waals surface area contributed by atoms with E-state index in [1.165, 1.54) is 4.68 Å². The van der Waals surface area contributed by atoms with Crippen LogP contribution in [0, 0.1) is 6.92 Å². The zero-order valence-electron chi connectivity index (χ0n) is 16.0. The number of benzene rings is 2. The largest absolute Gasteiger partial charge is 0.494 e. The lowest BCUT2D eigenvalue weighted by molar-refractivity contribution is -0.117. The summed E-state index contributed by atoms with van der Waals surface area (Å²) in [5.74, 6) is 0.0520. The highest BCUT2D eigenvalue weighted by atomic mass is 79.9. The Hall–Kier alpha value is -3.20. The van der Waals surface area contributed by atoms with Crippen molar-refractivity contribution in [1.29, 1.82) is 0 Å². The fourth-order valence-electron chi connectivity index (χ4n) is 2.60. The van der Waals surface area contributed by atoms with Gasteiger partial charge >= 0.3 is 0 Å². The number of carbonyl (C=O) groups is 2. The molecule has 0 aliphatic heterocycles. The van der Waals surface area contributed by atoms with Crippen LogP contribution in [0.2, 0.25) is 0 Å². The number of aromatic nitrogens is 3. The van der Waals surface area contributed by atoms with Crippen molar-refractivity contribution in [3.63, 3.8) is 0 Å². The van der Waals surface area contributed by atoms with E-state index in [1.807, 2.05) is 25.1 Å². The molecule has 0 unspecified atom stereocenters. The number of hydrogen-bond donors (Lipinski definition) is 2. The lowest BCUT2D eigenvalue weighted by atomic mass is 10.2. The molecule has 0 radical (unpaired) electrons. The first-order valence-corrected chi connectivity index (χ1v) is 9.76. The Balaban J connectivity index is 1.64. The summed E-state index contributed by atoms with van der Waals surface area (Å²) in [5, 5.41) is 13.4. The monoisotopic (exact) mass is 457 g/mol. The minimum Gasteiger partial charge on any atom is -0.494 e. The molecule has 150 valence electrons.